The molecule has 0 bridgehead atoms. The number of halogens is 1. The minimum Gasteiger partial charge on any atom is -0.744 e. The standard InChI is InChI=1S/C31H24ClN7O16S5.4Na/c32-29-35-30(33-17-4-7-19(8-5-17)56(41,42)13-12-55-60(52,53)54)37-31(36-29)34-18-6-9-20-16(14-18)15-25(58(46,47)48)26(27(20)40)39-38-23-11-10-21-22(28(23)59(49,50)51)2-1-3-24(21)57(43,44)45;;;;/h1-11,14-15,40H,12-13H2,(H,43,44,45)(H,46,47,48)(H,49,50,51)(H,52,53,54)(H2,33,34,35,36,37);;;;/q;4*+1/p-4. The molecule has 0 saturated carbocycles. The fraction of sp³-hybridized carbons (Fsp3) is 0.0645. The number of nitrogens with zero attached hydrogens (tertiary/aromatic N) is 5. The Morgan fingerprint density at radius 1 is 0.625 bits per heavy atom. The van der Waals surface area contributed by atoms with Gasteiger partial charge in [0.05, 0.1) is 31.9 Å². The molecule has 0 aliphatic heterocycles. The van der Waals surface area contributed by atoms with Gasteiger partial charge in [-0.05, 0) is 77.7 Å². The molecule has 0 unspecified atom stereocenters. The predicted octanol–water partition coefficient (Wildman–Crippen LogP) is -8.58. The molecule has 5 aromatic carbocycles. The molecule has 0 fully saturated rings. The van der Waals surface area contributed by atoms with Gasteiger partial charge in [-0.25, -0.2) is 42.1 Å². The first-order chi connectivity index (χ1) is 27.8. The summed E-state index contributed by atoms with van der Waals surface area (Å²) in [4.78, 5) is 8.68. The summed E-state index contributed by atoms with van der Waals surface area (Å²) in [6, 6.07) is 14.2. The van der Waals surface area contributed by atoms with Crippen LogP contribution in [0.3, 0.4) is 0 Å². The van der Waals surface area contributed by atoms with Crippen molar-refractivity contribution in [3.63, 3.8) is 0 Å². The maximum atomic E-state index is 12.5. The Labute approximate surface area is 457 Å². The molecule has 0 saturated heterocycles. The normalized spacial score (nSPS) is 12.1. The van der Waals surface area contributed by atoms with E-state index in [9.17, 15) is 65.4 Å². The molecule has 316 valence electrons. The summed E-state index contributed by atoms with van der Waals surface area (Å²) in [5.74, 6) is -2.09. The molecule has 0 radical (unpaired) electrons. The Hall–Kier alpha value is -1.53. The van der Waals surface area contributed by atoms with Crippen LogP contribution in [0.5, 0.6) is 5.75 Å². The first kappa shape index (κ1) is 58.6. The van der Waals surface area contributed by atoms with Crippen LogP contribution in [-0.4, -0.2) is 92.7 Å². The Morgan fingerprint density at radius 2 is 1.19 bits per heavy atom. The number of benzene rings is 5. The van der Waals surface area contributed by atoms with E-state index in [0.717, 1.165) is 36.4 Å². The van der Waals surface area contributed by atoms with E-state index >= 15 is 0 Å². The van der Waals surface area contributed by atoms with Gasteiger partial charge in [0.15, 0.2) is 15.6 Å². The Morgan fingerprint density at radius 3 is 1.75 bits per heavy atom. The Bertz CT molecular complexity index is 3360. The van der Waals surface area contributed by atoms with E-state index in [2.05, 4.69) is 40.0 Å². The fourth-order valence-corrected chi connectivity index (χ4v) is 9.29. The smallest absolute Gasteiger partial charge is 0.744 e. The number of rotatable bonds is 14. The van der Waals surface area contributed by atoms with Crippen molar-refractivity contribution in [3.05, 3.63) is 84.1 Å². The van der Waals surface area contributed by atoms with Crippen LogP contribution in [0, 0.1) is 0 Å². The van der Waals surface area contributed by atoms with Crippen LogP contribution in [0.4, 0.5) is 34.6 Å². The quantitative estimate of drug-likeness (QED) is 0.0395. The van der Waals surface area contributed by atoms with E-state index < -0.39 is 106 Å². The van der Waals surface area contributed by atoms with E-state index in [-0.39, 0.29) is 162 Å². The molecule has 1 heterocycles. The van der Waals surface area contributed by atoms with Gasteiger partial charge in [0.25, 0.3) is 0 Å². The van der Waals surface area contributed by atoms with Crippen LogP contribution in [0.15, 0.2) is 109 Å². The summed E-state index contributed by atoms with van der Waals surface area (Å²) < 4.78 is 170. The van der Waals surface area contributed by atoms with Crippen molar-refractivity contribution >= 4 is 118 Å². The third-order valence-electron chi connectivity index (χ3n) is 7.96. The van der Waals surface area contributed by atoms with Crippen LogP contribution in [0.2, 0.25) is 5.28 Å². The van der Waals surface area contributed by atoms with Crippen molar-refractivity contribution in [3.8, 4) is 5.75 Å². The number of hydrogen-bond donors (Lipinski definition) is 3. The van der Waals surface area contributed by atoms with Crippen LogP contribution in [0.25, 0.3) is 21.5 Å². The van der Waals surface area contributed by atoms with E-state index in [1.54, 1.807) is 0 Å². The maximum Gasteiger partial charge on any atom is 1.00 e. The van der Waals surface area contributed by atoms with E-state index in [0.29, 0.717) is 0 Å². The molecule has 0 aliphatic rings. The second kappa shape index (κ2) is 22.7. The van der Waals surface area contributed by atoms with Gasteiger partial charge in [0, 0.05) is 27.5 Å². The fourth-order valence-electron chi connectivity index (χ4n) is 5.50. The van der Waals surface area contributed by atoms with Crippen molar-refractivity contribution in [1.29, 1.82) is 0 Å². The molecule has 0 spiro atoms. The van der Waals surface area contributed by atoms with Crippen LogP contribution >= 0.6 is 11.6 Å². The van der Waals surface area contributed by atoms with Gasteiger partial charge in [-0.15, -0.1) is 10.2 Å². The zero-order valence-corrected chi connectivity index (χ0v) is 46.0. The number of phenolic OH excluding ortho intramolecular Hbond substituents is 1. The number of azo groups is 1. The summed E-state index contributed by atoms with van der Waals surface area (Å²) in [5.41, 5.74) is -1.35. The van der Waals surface area contributed by atoms with Gasteiger partial charge in [-0.2, -0.15) is 15.0 Å². The van der Waals surface area contributed by atoms with Crippen molar-refractivity contribution < 1.29 is 188 Å². The topological polar surface area (TPSA) is 380 Å². The van der Waals surface area contributed by atoms with Gasteiger partial charge < -0.3 is 34.0 Å². The van der Waals surface area contributed by atoms with Crippen LogP contribution in [0.1, 0.15) is 0 Å². The Kier molecular flexibility index (Phi) is 20.8. The number of fused-ring (bicyclic) bond motifs is 2. The average molecular weight is 1030 g/mol. The zero-order valence-electron chi connectivity index (χ0n) is 33.1. The van der Waals surface area contributed by atoms with E-state index in [1.807, 2.05) is 0 Å². The predicted molar refractivity (Wildman–Crippen MR) is 203 cm³/mol. The number of phenols is 1. The number of aromatic nitrogens is 3. The molecule has 6 rings (SSSR count). The van der Waals surface area contributed by atoms with Gasteiger partial charge in [0.1, 0.15) is 41.7 Å². The maximum absolute atomic E-state index is 12.5. The van der Waals surface area contributed by atoms with Crippen LogP contribution < -0.4 is 129 Å². The largest absolute Gasteiger partial charge is 1.00 e. The second-order valence-electron chi connectivity index (χ2n) is 11.9. The molecule has 64 heavy (non-hydrogen) atoms. The molecule has 0 amide bonds. The zero-order chi connectivity index (χ0) is 44.0. The number of anilines is 4. The van der Waals surface area contributed by atoms with Crippen LogP contribution in [-0.2, 0) is 54.8 Å². The number of sulfone groups is 1. The molecule has 33 heteroatoms. The summed E-state index contributed by atoms with van der Waals surface area (Å²) >= 11 is 6.07. The van der Waals surface area contributed by atoms with Crippen molar-refractivity contribution in [2.24, 2.45) is 10.2 Å². The third-order valence-corrected chi connectivity index (χ3v) is 13.0. The summed E-state index contributed by atoms with van der Waals surface area (Å²) in [7, 11) is -25.3. The van der Waals surface area contributed by atoms with Gasteiger partial charge in [0.2, 0.25) is 27.6 Å². The monoisotopic (exact) mass is 1030 g/mol. The van der Waals surface area contributed by atoms with Gasteiger partial charge >= 0.3 is 118 Å². The van der Waals surface area contributed by atoms with Gasteiger partial charge in [-0.3, -0.25) is 4.18 Å². The molecule has 0 aliphatic carbocycles. The molecule has 6 aromatic rings. The third kappa shape index (κ3) is 14.5. The summed E-state index contributed by atoms with van der Waals surface area (Å²) in [6.07, 6.45) is 0. The minimum atomic E-state index is -5.50. The number of aromatic hydroxyl groups is 1. The Balaban J connectivity index is 0.00000352. The first-order valence-corrected chi connectivity index (χ1v) is 23.4. The van der Waals surface area contributed by atoms with Gasteiger partial charge in [-0.1, -0.05) is 18.2 Å². The molecular formula is C31H20ClN7Na4O16S5. The van der Waals surface area contributed by atoms with Crippen molar-refractivity contribution in [2.45, 2.75) is 19.6 Å². The molecule has 23 nitrogen and oxygen atoms in total. The summed E-state index contributed by atoms with van der Waals surface area (Å²) in [5, 5.41) is 22.4. The molecule has 0 atom stereocenters. The van der Waals surface area contributed by atoms with E-state index in [1.165, 1.54) is 42.5 Å². The molecule has 3 N–H and O–H groups in total. The summed E-state index contributed by atoms with van der Waals surface area (Å²) in [6.45, 7) is -0.891. The van der Waals surface area contributed by atoms with E-state index in [4.69, 9.17) is 11.6 Å². The minimum absolute atomic E-state index is 0. The SMILES string of the molecule is O=S(=O)([O-])OCCS(=O)(=O)c1ccc(Nc2nc(Cl)nc(Nc3ccc4c(O)c(N=Nc5ccc6c(S(=O)(=O)[O-])cccc6c5S(=O)(=O)[O-])c(S(=O)(=O)[O-])cc4c3)n2)cc1.[Na+].[Na+].[Na+].[Na+]. The number of nitrogens with one attached hydrogen (secondary N) is 2. The number of hydrogen-bond acceptors (Lipinski definition) is 23. The average Bonchev–Trinajstić information content (AvgIpc) is 3.12. The molecular weight excluding hydrogens is 1010 g/mol. The first-order valence-electron chi connectivity index (χ1n) is 15.8. The molecule has 1 aromatic heterocycles. The van der Waals surface area contributed by atoms with Crippen molar-refractivity contribution in [1.82, 2.24) is 15.0 Å². The second-order valence-corrected chi connectivity index (χ2v) is 19.4. The van der Waals surface area contributed by atoms with Crippen molar-refractivity contribution in [2.75, 3.05) is 23.0 Å².